The third-order valence-electron chi connectivity index (χ3n) is 2.64. The molecule has 1 N–H and O–H groups in total. The lowest BCUT2D eigenvalue weighted by Gasteiger charge is -2.17. The Bertz CT molecular complexity index is 571. The van der Waals surface area contributed by atoms with Crippen molar-refractivity contribution < 1.29 is 18.3 Å². The summed E-state index contributed by atoms with van der Waals surface area (Å²) in [6.45, 7) is 2.05. The van der Waals surface area contributed by atoms with Crippen molar-refractivity contribution in [2.45, 2.75) is 24.7 Å². The molecular formula is C12H16BrNO4S. The van der Waals surface area contributed by atoms with Gasteiger partial charge in [0.05, 0.1) is 4.90 Å². The van der Waals surface area contributed by atoms with E-state index in [1.54, 1.807) is 18.2 Å². The van der Waals surface area contributed by atoms with Gasteiger partial charge in [-0.25, -0.2) is 12.7 Å². The van der Waals surface area contributed by atoms with E-state index in [-0.39, 0.29) is 24.3 Å². The number of aryl methyl sites for hydroxylation is 1. The quantitative estimate of drug-likeness (QED) is 0.854. The van der Waals surface area contributed by atoms with E-state index in [0.717, 1.165) is 5.56 Å². The van der Waals surface area contributed by atoms with Crippen molar-refractivity contribution in [1.82, 2.24) is 4.31 Å². The predicted octanol–water partition coefficient (Wildman–Crippen LogP) is 2.24. The number of hydrogen-bond acceptors (Lipinski definition) is 3. The summed E-state index contributed by atoms with van der Waals surface area (Å²) in [5.74, 6) is -0.928. The first-order valence-electron chi connectivity index (χ1n) is 5.69. The smallest absolute Gasteiger partial charge is 0.303 e. The van der Waals surface area contributed by atoms with Crippen molar-refractivity contribution in [1.29, 1.82) is 0 Å². The molecule has 5 nitrogen and oxygen atoms in total. The molecule has 0 unspecified atom stereocenters. The maximum atomic E-state index is 12.3. The van der Waals surface area contributed by atoms with Crippen LogP contribution < -0.4 is 0 Å². The lowest BCUT2D eigenvalue weighted by atomic mass is 10.2. The molecular weight excluding hydrogens is 334 g/mol. The fourth-order valence-corrected chi connectivity index (χ4v) is 3.91. The van der Waals surface area contributed by atoms with E-state index < -0.39 is 16.0 Å². The number of carbonyl (C=O) groups is 1. The first-order chi connectivity index (χ1) is 8.75. The molecule has 0 atom stereocenters. The highest BCUT2D eigenvalue weighted by Crippen LogP contribution is 2.25. The number of aliphatic carboxylic acids is 1. The number of sulfonamides is 1. The topological polar surface area (TPSA) is 74.7 Å². The second-order valence-corrected chi connectivity index (χ2v) is 7.13. The molecule has 0 saturated carbocycles. The van der Waals surface area contributed by atoms with Gasteiger partial charge < -0.3 is 5.11 Å². The minimum atomic E-state index is -3.59. The Morgan fingerprint density at radius 1 is 1.42 bits per heavy atom. The van der Waals surface area contributed by atoms with Crippen LogP contribution in [0.15, 0.2) is 27.6 Å². The Kier molecular flexibility index (Phi) is 5.51. The van der Waals surface area contributed by atoms with E-state index in [1.807, 2.05) is 6.92 Å². The molecule has 19 heavy (non-hydrogen) atoms. The Labute approximate surface area is 121 Å². The van der Waals surface area contributed by atoms with Crippen LogP contribution in [0.5, 0.6) is 0 Å². The molecule has 0 bridgehead atoms. The van der Waals surface area contributed by atoms with Gasteiger partial charge in [0.15, 0.2) is 0 Å². The number of benzene rings is 1. The standard InChI is InChI=1S/C12H16BrNO4S/c1-9-5-6-11(10(13)8-9)19(17,18)14(2)7-3-4-12(15)16/h5-6,8H,3-4,7H2,1-2H3,(H,15,16). The average Bonchev–Trinajstić information content (AvgIpc) is 2.27. The Morgan fingerprint density at radius 2 is 2.05 bits per heavy atom. The van der Waals surface area contributed by atoms with E-state index in [0.29, 0.717) is 4.47 Å². The van der Waals surface area contributed by atoms with Gasteiger partial charge in [-0.1, -0.05) is 6.07 Å². The second kappa shape index (κ2) is 6.49. The van der Waals surface area contributed by atoms with Gasteiger partial charge in [0.25, 0.3) is 0 Å². The molecule has 0 aromatic heterocycles. The number of hydrogen-bond donors (Lipinski definition) is 1. The molecule has 0 aliphatic rings. The number of carboxylic acids is 1. The van der Waals surface area contributed by atoms with Gasteiger partial charge in [0.2, 0.25) is 10.0 Å². The van der Waals surface area contributed by atoms with Crippen LogP contribution in [-0.2, 0) is 14.8 Å². The lowest BCUT2D eigenvalue weighted by molar-refractivity contribution is -0.137. The van der Waals surface area contributed by atoms with Gasteiger partial charge in [-0.15, -0.1) is 0 Å². The maximum Gasteiger partial charge on any atom is 0.303 e. The lowest BCUT2D eigenvalue weighted by Crippen LogP contribution is -2.28. The molecule has 106 valence electrons. The number of carboxylic acid groups (broad SMARTS) is 1. The Hall–Kier alpha value is -0.920. The van der Waals surface area contributed by atoms with Crippen LogP contribution >= 0.6 is 15.9 Å². The highest BCUT2D eigenvalue weighted by Gasteiger charge is 2.23. The van der Waals surface area contributed by atoms with Crippen LogP contribution in [0, 0.1) is 6.92 Å². The number of halogens is 1. The molecule has 7 heteroatoms. The molecule has 0 fully saturated rings. The van der Waals surface area contributed by atoms with Crippen LogP contribution in [0.1, 0.15) is 18.4 Å². The van der Waals surface area contributed by atoms with E-state index in [9.17, 15) is 13.2 Å². The van der Waals surface area contributed by atoms with Crippen molar-refractivity contribution in [3.05, 3.63) is 28.2 Å². The zero-order chi connectivity index (χ0) is 14.6. The van der Waals surface area contributed by atoms with Crippen molar-refractivity contribution >= 4 is 31.9 Å². The van der Waals surface area contributed by atoms with Crippen LogP contribution in [0.25, 0.3) is 0 Å². The van der Waals surface area contributed by atoms with Crippen molar-refractivity contribution in [2.75, 3.05) is 13.6 Å². The summed E-state index contributed by atoms with van der Waals surface area (Å²) in [6.07, 6.45) is 0.240. The van der Waals surface area contributed by atoms with Gasteiger partial charge in [-0.05, 0) is 47.0 Å². The summed E-state index contributed by atoms with van der Waals surface area (Å²) < 4.78 is 26.3. The molecule has 1 aromatic carbocycles. The highest BCUT2D eigenvalue weighted by molar-refractivity contribution is 9.10. The summed E-state index contributed by atoms with van der Waals surface area (Å²) in [6, 6.07) is 5.00. The molecule has 1 aromatic rings. The van der Waals surface area contributed by atoms with Crippen molar-refractivity contribution in [3.8, 4) is 0 Å². The van der Waals surface area contributed by atoms with Crippen molar-refractivity contribution in [3.63, 3.8) is 0 Å². The maximum absolute atomic E-state index is 12.3. The second-order valence-electron chi connectivity index (χ2n) is 4.26. The van der Waals surface area contributed by atoms with Crippen LogP contribution in [0.3, 0.4) is 0 Å². The third-order valence-corrected chi connectivity index (χ3v) is 5.47. The normalized spacial score (nSPS) is 11.8. The summed E-state index contributed by atoms with van der Waals surface area (Å²) in [5.41, 5.74) is 0.958. The first-order valence-corrected chi connectivity index (χ1v) is 7.92. The fourth-order valence-electron chi connectivity index (χ4n) is 1.56. The largest absolute Gasteiger partial charge is 0.481 e. The molecule has 0 radical (unpaired) electrons. The van der Waals surface area contributed by atoms with Crippen LogP contribution in [0.4, 0.5) is 0 Å². The highest BCUT2D eigenvalue weighted by atomic mass is 79.9. The van der Waals surface area contributed by atoms with Crippen LogP contribution in [0.2, 0.25) is 0 Å². The summed E-state index contributed by atoms with van der Waals surface area (Å²) in [4.78, 5) is 10.6. The van der Waals surface area contributed by atoms with E-state index in [2.05, 4.69) is 15.9 Å². The van der Waals surface area contributed by atoms with Gasteiger partial charge in [-0.3, -0.25) is 4.79 Å². The predicted molar refractivity (Wildman–Crippen MR) is 75.6 cm³/mol. The fraction of sp³-hybridized carbons (Fsp3) is 0.417. The molecule has 1 rings (SSSR count). The molecule has 0 amide bonds. The summed E-state index contributed by atoms with van der Waals surface area (Å²) in [5, 5.41) is 8.55. The summed E-state index contributed by atoms with van der Waals surface area (Å²) >= 11 is 3.24. The molecule has 0 heterocycles. The van der Waals surface area contributed by atoms with Gasteiger partial charge in [-0.2, -0.15) is 0 Å². The SMILES string of the molecule is Cc1ccc(S(=O)(=O)N(C)CCCC(=O)O)c(Br)c1. The van der Waals surface area contributed by atoms with Gasteiger partial charge >= 0.3 is 5.97 Å². The van der Waals surface area contributed by atoms with Crippen molar-refractivity contribution in [2.24, 2.45) is 0 Å². The van der Waals surface area contributed by atoms with Crippen LogP contribution in [-0.4, -0.2) is 37.4 Å². The Balaban J connectivity index is 2.87. The van der Waals surface area contributed by atoms with E-state index in [4.69, 9.17) is 5.11 Å². The third kappa shape index (κ3) is 4.29. The van der Waals surface area contributed by atoms with E-state index in [1.165, 1.54) is 11.4 Å². The van der Waals surface area contributed by atoms with Gasteiger partial charge in [0.1, 0.15) is 0 Å². The molecule has 0 spiro atoms. The molecule has 0 aliphatic carbocycles. The average molecular weight is 350 g/mol. The minimum absolute atomic E-state index is 0.0467. The number of nitrogens with zero attached hydrogens (tertiary/aromatic N) is 1. The first kappa shape index (κ1) is 16.1. The van der Waals surface area contributed by atoms with Gasteiger partial charge in [0, 0.05) is 24.5 Å². The zero-order valence-electron chi connectivity index (χ0n) is 10.8. The number of rotatable bonds is 6. The molecule has 0 saturated heterocycles. The Morgan fingerprint density at radius 3 is 2.58 bits per heavy atom. The minimum Gasteiger partial charge on any atom is -0.481 e. The zero-order valence-corrected chi connectivity index (χ0v) is 13.2. The molecule has 0 aliphatic heterocycles. The summed E-state index contributed by atoms with van der Waals surface area (Å²) in [7, 11) is -2.14. The van der Waals surface area contributed by atoms with E-state index >= 15 is 0 Å². The monoisotopic (exact) mass is 349 g/mol.